The standard InChI is InChI=1S/2C12H27N.C5H8O4.C4H4O3.3CH4O/c2*1-4-7-9-11-13(6-3)12-10-8-5-2;1-9-5(8)3-2-4(6)7;5-3-1-2-4(6)7-3;3*1-2/h2*4-12H2,1-3H3;2-3H2,1H3,(H,6,7);1-2H2;3*2H,1H3. The molecular weight excluding hydrogens is 620 g/mol. The molecule has 0 aromatic heterocycles. The number of hydrogen-bond donors (Lipinski definition) is 4. The summed E-state index contributed by atoms with van der Waals surface area (Å²) >= 11 is 0. The molecule has 1 heterocycles. The highest BCUT2D eigenvalue weighted by molar-refractivity contribution is 5.92. The van der Waals surface area contributed by atoms with Crippen LogP contribution >= 0.6 is 0 Å². The number of methoxy groups -OCH3 is 1. The summed E-state index contributed by atoms with van der Waals surface area (Å²) in [6, 6.07) is 0. The summed E-state index contributed by atoms with van der Waals surface area (Å²) in [5.41, 5.74) is 0. The van der Waals surface area contributed by atoms with Gasteiger partial charge in [0.1, 0.15) is 0 Å². The van der Waals surface area contributed by atoms with Gasteiger partial charge in [-0.15, -0.1) is 0 Å². The SMILES string of the molecule is CCCCCN(CC)CCCCC.CCCCCN(CC)CCCCC.CO.CO.CO.COC(=O)CCC(=O)O.O=C1CCC(=O)O1. The molecule has 0 radical (unpaired) electrons. The number of aliphatic carboxylic acids is 1. The van der Waals surface area contributed by atoms with Crippen molar-refractivity contribution in [1.29, 1.82) is 0 Å². The largest absolute Gasteiger partial charge is 0.481 e. The molecular formula is C36H78N2O10. The molecule has 0 spiro atoms. The Bertz CT molecular complexity index is 594. The number of ether oxygens (including phenoxy) is 2. The monoisotopic (exact) mass is 699 g/mol. The molecule has 12 heteroatoms. The second-order valence-electron chi connectivity index (χ2n) is 10.5. The molecule has 0 unspecified atom stereocenters. The quantitative estimate of drug-likeness (QED) is 0.0619. The van der Waals surface area contributed by atoms with Gasteiger partial charge in [-0.1, -0.05) is 92.9 Å². The van der Waals surface area contributed by atoms with E-state index in [2.05, 4.69) is 60.8 Å². The highest BCUT2D eigenvalue weighted by Gasteiger charge is 2.19. The van der Waals surface area contributed by atoms with Crippen molar-refractivity contribution in [2.24, 2.45) is 0 Å². The number of carboxylic acid groups (broad SMARTS) is 1. The third-order valence-electron chi connectivity index (χ3n) is 6.74. The van der Waals surface area contributed by atoms with E-state index in [1.165, 1.54) is 123 Å². The van der Waals surface area contributed by atoms with Crippen LogP contribution in [0.15, 0.2) is 0 Å². The number of carboxylic acids is 1. The Labute approximate surface area is 294 Å². The Hall–Kier alpha value is -2.12. The molecule has 1 saturated heterocycles. The number of rotatable bonds is 21. The Morgan fingerprint density at radius 3 is 1.04 bits per heavy atom. The number of aliphatic hydroxyl groups is 3. The molecule has 48 heavy (non-hydrogen) atoms. The number of cyclic esters (lactones) is 2. The van der Waals surface area contributed by atoms with E-state index in [1.54, 1.807) is 0 Å². The predicted molar refractivity (Wildman–Crippen MR) is 196 cm³/mol. The van der Waals surface area contributed by atoms with E-state index in [0.29, 0.717) is 0 Å². The Balaban J connectivity index is -0.000000118. The van der Waals surface area contributed by atoms with Crippen molar-refractivity contribution in [3.63, 3.8) is 0 Å². The van der Waals surface area contributed by atoms with Gasteiger partial charge in [-0.3, -0.25) is 19.2 Å². The molecule has 1 aliphatic heterocycles. The Kier molecular flexibility index (Phi) is 65.8. The van der Waals surface area contributed by atoms with Crippen LogP contribution in [0.1, 0.15) is 144 Å². The van der Waals surface area contributed by atoms with Gasteiger partial charge in [0.25, 0.3) is 0 Å². The van der Waals surface area contributed by atoms with Gasteiger partial charge < -0.3 is 39.7 Å². The van der Waals surface area contributed by atoms with Gasteiger partial charge in [-0.05, 0) is 65.0 Å². The van der Waals surface area contributed by atoms with Gasteiger partial charge in [-0.25, -0.2) is 0 Å². The minimum Gasteiger partial charge on any atom is -0.481 e. The van der Waals surface area contributed by atoms with Gasteiger partial charge in [0.15, 0.2) is 0 Å². The van der Waals surface area contributed by atoms with Gasteiger partial charge in [0, 0.05) is 21.3 Å². The fourth-order valence-electron chi connectivity index (χ4n) is 3.94. The van der Waals surface area contributed by atoms with Crippen molar-refractivity contribution < 1.29 is 49.1 Å². The third-order valence-corrected chi connectivity index (χ3v) is 6.74. The second-order valence-corrected chi connectivity index (χ2v) is 10.5. The van der Waals surface area contributed by atoms with Crippen molar-refractivity contribution in [2.75, 3.05) is 67.7 Å². The average Bonchev–Trinajstić information content (AvgIpc) is 3.51. The highest BCUT2D eigenvalue weighted by atomic mass is 16.6. The van der Waals surface area contributed by atoms with Crippen LogP contribution in [-0.2, 0) is 28.7 Å². The lowest BCUT2D eigenvalue weighted by Gasteiger charge is -2.19. The van der Waals surface area contributed by atoms with Crippen LogP contribution in [0.4, 0.5) is 0 Å². The van der Waals surface area contributed by atoms with Crippen molar-refractivity contribution >= 4 is 23.9 Å². The molecule has 1 aliphatic rings. The fraction of sp³-hybridized carbons (Fsp3) is 0.889. The number of hydrogen-bond acceptors (Lipinski definition) is 11. The summed E-state index contributed by atoms with van der Waals surface area (Å²) in [6.07, 6.45) is 16.8. The molecule has 292 valence electrons. The second kappa shape index (κ2) is 54.3. The number of aliphatic hydroxyl groups excluding tert-OH is 3. The van der Waals surface area contributed by atoms with E-state index < -0.39 is 23.9 Å². The van der Waals surface area contributed by atoms with Crippen molar-refractivity contribution in [2.45, 2.75) is 144 Å². The molecule has 0 atom stereocenters. The van der Waals surface area contributed by atoms with E-state index in [0.717, 1.165) is 21.3 Å². The maximum Gasteiger partial charge on any atom is 0.314 e. The van der Waals surface area contributed by atoms with Gasteiger partial charge in [0.05, 0.1) is 32.8 Å². The normalized spacial score (nSPS) is 10.9. The minimum absolute atomic E-state index is 0.0498. The van der Waals surface area contributed by atoms with Crippen LogP contribution in [0, 0.1) is 0 Å². The van der Waals surface area contributed by atoms with Crippen LogP contribution in [0.25, 0.3) is 0 Å². The van der Waals surface area contributed by atoms with Crippen LogP contribution in [0.5, 0.6) is 0 Å². The maximum atomic E-state index is 10.2. The van der Waals surface area contributed by atoms with Crippen molar-refractivity contribution in [1.82, 2.24) is 9.80 Å². The topological polar surface area (TPSA) is 174 Å². The molecule has 1 fully saturated rings. The summed E-state index contributed by atoms with van der Waals surface area (Å²) in [7, 11) is 4.23. The average molecular weight is 699 g/mol. The summed E-state index contributed by atoms with van der Waals surface area (Å²) in [5, 5.41) is 29.1. The van der Waals surface area contributed by atoms with Gasteiger partial charge >= 0.3 is 23.9 Å². The van der Waals surface area contributed by atoms with E-state index in [9.17, 15) is 19.2 Å². The van der Waals surface area contributed by atoms with E-state index in [4.69, 9.17) is 20.4 Å². The lowest BCUT2D eigenvalue weighted by atomic mass is 10.2. The van der Waals surface area contributed by atoms with Crippen molar-refractivity contribution in [3.05, 3.63) is 0 Å². The van der Waals surface area contributed by atoms with Gasteiger partial charge in [0.2, 0.25) is 0 Å². The summed E-state index contributed by atoms with van der Waals surface area (Å²) in [4.78, 5) is 45.2. The zero-order valence-corrected chi connectivity index (χ0v) is 32.7. The predicted octanol–water partition coefficient (Wildman–Crippen LogP) is 6.08. The van der Waals surface area contributed by atoms with Gasteiger partial charge in [-0.2, -0.15) is 0 Å². The van der Waals surface area contributed by atoms with E-state index in [-0.39, 0.29) is 25.7 Å². The lowest BCUT2D eigenvalue weighted by molar-refractivity contribution is -0.152. The first kappa shape index (κ1) is 58.1. The number of carbonyl (C=O) groups excluding carboxylic acids is 3. The molecule has 0 amide bonds. The Morgan fingerprint density at radius 1 is 0.583 bits per heavy atom. The highest BCUT2D eigenvalue weighted by Crippen LogP contribution is 2.04. The number of carbonyl (C=O) groups is 4. The van der Waals surface area contributed by atoms with Crippen molar-refractivity contribution in [3.8, 4) is 0 Å². The molecule has 12 nitrogen and oxygen atoms in total. The van der Waals surface area contributed by atoms with Crippen LogP contribution in [-0.4, -0.2) is 122 Å². The first-order valence-corrected chi connectivity index (χ1v) is 18.0. The Morgan fingerprint density at radius 2 is 0.875 bits per heavy atom. The molecule has 0 aromatic rings. The molecule has 0 bridgehead atoms. The molecule has 0 saturated carbocycles. The summed E-state index contributed by atoms with van der Waals surface area (Å²) in [5.74, 6) is -2.27. The van der Waals surface area contributed by atoms with Crippen LogP contribution in [0.3, 0.4) is 0 Å². The molecule has 1 rings (SSSR count). The fourth-order valence-corrected chi connectivity index (χ4v) is 3.94. The zero-order chi connectivity index (χ0) is 38.4. The third kappa shape index (κ3) is 56.2. The minimum atomic E-state index is -0.986. The first-order valence-electron chi connectivity index (χ1n) is 18.0. The van der Waals surface area contributed by atoms with Crippen LogP contribution < -0.4 is 0 Å². The summed E-state index contributed by atoms with van der Waals surface area (Å²) < 4.78 is 8.28. The maximum absolute atomic E-state index is 10.2. The lowest BCUT2D eigenvalue weighted by Crippen LogP contribution is -2.25. The van der Waals surface area contributed by atoms with Crippen LogP contribution in [0.2, 0.25) is 0 Å². The summed E-state index contributed by atoms with van der Waals surface area (Å²) in [6.45, 7) is 21.3. The first-order chi connectivity index (χ1) is 23.1. The number of esters is 3. The number of nitrogens with zero attached hydrogens (tertiary/aromatic N) is 2. The zero-order valence-electron chi connectivity index (χ0n) is 32.7. The molecule has 0 aliphatic carbocycles. The van der Waals surface area contributed by atoms with E-state index >= 15 is 0 Å². The van der Waals surface area contributed by atoms with E-state index in [1.807, 2.05) is 0 Å². The molecule has 4 N–H and O–H groups in total. The smallest absolute Gasteiger partial charge is 0.314 e. The molecule has 0 aromatic carbocycles. The number of unbranched alkanes of at least 4 members (excludes halogenated alkanes) is 8.